The Hall–Kier alpha value is 0.260. The second-order valence-electron chi connectivity index (χ2n) is 2.72. The Morgan fingerprint density at radius 1 is 1.08 bits per heavy atom. The third-order valence-corrected chi connectivity index (χ3v) is 3.85. The van der Waals surface area contributed by atoms with Crippen molar-refractivity contribution < 1.29 is 9.47 Å². The number of hydrogen-bond acceptors (Lipinski definition) is 3. The molecule has 0 fully saturated rings. The molecular formula is C8H8Br2O2S. The minimum atomic E-state index is 0.0986. The molecule has 0 bridgehead atoms. The van der Waals surface area contributed by atoms with Crippen LogP contribution in [0, 0.1) is 0 Å². The molecule has 1 aliphatic rings. The number of ether oxygens (including phenoxy) is 2. The van der Waals surface area contributed by atoms with Crippen molar-refractivity contribution in [2.24, 2.45) is 0 Å². The lowest BCUT2D eigenvalue weighted by atomic mass is 10.2. The molecule has 2 heterocycles. The first-order valence-corrected chi connectivity index (χ1v) is 7.05. The van der Waals surface area contributed by atoms with Gasteiger partial charge in [-0.1, -0.05) is 31.9 Å². The first-order valence-electron chi connectivity index (χ1n) is 3.86. The third-order valence-electron chi connectivity index (χ3n) is 1.87. The van der Waals surface area contributed by atoms with Crippen molar-refractivity contribution in [3.8, 4) is 11.5 Å². The molecule has 1 aromatic heterocycles. The second-order valence-corrected chi connectivity index (χ2v) is 4.76. The molecule has 0 saturated heterocycles. The summed E-state index contributed by atoms with van der Waals surface area (Å²) >= 11 is 8.42. The molecule has 0 spiro atoms. The van der Waals surface area contributed by atoms with Gasteiger partial charge in [0.15, 0.2) is 11.5 Å². The Morgan fingerprint density at radius 2 is 1.54 bits per heavy atom. The summed E-state index contributed by atoms with van der Waals surface area (Å²) in [6.07, 6.45) is 0.197. The van der Waals surface area contributed by atoms with Crippen molar-refractivity contribution in [2.75, 3.05) is 10.7 Å². The molecule has 0 aromatic carbocycles. The molecule has 2 rings (SSSR count). The SMILES string of the molecule is BrCC1Oc2cscc2OC1CBr. The summed E-state index contributed by atoms with van der Waals surface area (Å²) in [7, 11) is 0. The van der Waals surface area contributed by atoms with E-state index in [4.69, 9.17) is 9.47 Å². The molecule has 2 atom stereocenters. The number of halogens is 2. The maximum absolute atomic E-state index is 5.73. The predicted molar refractivity (Wildman–Crippen MR) is 60.7 cm³/mol. The number of rotatable bonds is 2. The van der Waals surface area contributed by atoms with Crippen LogP contribution in [-0.2, 0) is 0 Å². The molecule has 0 radical (unpaired) electrons. The molecule has 0 amide bonds. The van der Waals surface area contributed by atoms with Crippen molar-refractivity contribution >= 4 is 43.2 Å². The van der Waals surface area contributed by atoms with Crippen LogP contribution >= 0.6 is 43.2 Å². The highest BCUT2D eigenvalue weighted by Gasteiger charge is 2.30. The maximum Gasteiger partial charge on any atom is 0.172 e. The van der Waals surface area contributed by atoms with E-state index in [-0.39, 0.29) is 12.2 Å². The van der Waals surface area contributed by atoms with Crippen molar-refractivity contribution in [1.82, 2.24) is 0 Å². The summed E-state index contributed by atoms with van der Waals surface area (Å²) in [5.41, 5.74) is 0. The van der Waals surface area contributed by atoms with Gasteiger partial charge in [-0.15, -0.1) is 11.3 Å². The molecule has 72 valence electrons. The zero-order valence-corrected chi connectivity index (χ0v) is 10.7. The highest BCUT2D eigenvalue weighted by atomic mass is 79.9. The van der Waals surface area contributed by atoms with Crippen LogP contribution in [0.4, 0.5) is 0 Å². The standard InChI is InChI=1S/C8H8Br2O2S/c9-1-5-6(2-10)12-8-4-13-3-7(8)11-5/h3-6H,1-2H2. The van der Waals surface area contributed by atoms with E-state index >= 15 is 0 Å². The van der Waals surface area contributed by atoms with Crippen LogP contribution in [0.1, 0.15) is 0 Å². The summed E-state index contributed by atoms with van der Waals surface area (Å²) < 4.78 is 11.5. The fourth-order valence-electron chi connectivity index (χ4n) is 1.19. The summed E-state index contributed by atoms with van der Waals surface area (Å²) in [6.45, 7) is 0. The quantitative estimate of drug-likeness (QED) is 0.777. The van der Waals surface area contributed by atoms with Crippen LogP contribution in [0.5, 0.6) is 11.5 Å². The Labute approximate surface area is 97.5 Å². The highest BCUT2D eigenvalue weighted by Crippen LogP contribution is 2.37. The van der Waals surface area contributed by atoms with Gasteiger partial charge in [0.05, 0.1) is 0 Å². The van der Waals surface area contributed by atoms with Crippen molar-refractivity contribution in [1.29, 1.82) is 0 Å². The van der Waals surface area contributed by atoms with Crippen LogP contribution in [0.2, 0.25) is 0 Å². The Balaban J connectivity index is 2.20. The Bertz CT molecular complexity index is 263. The first kappa shape index (κ1) is 9.80. The Kier molecular flexibility index (Phi) is 3.16. The number of hydrogen-bond donors (Lipinski definition) is 0. The summed E-state index contributed by atoms with van der Waals surface area (Å²) in [5, 5.41) is 5.52. The average molecular weight is 328 g/mol. The fraction of sp³-hybridized carbons (Fsp3) is 0.500. The smallest absolute Gasteiger partial charge is 0.172 e. The van der Waals surface area contributed by atoms with Crippen molar-refractivity contribution in [3.05, 3.63) is 10.8 Å². The van der Waals surface area contributed by atoms with Crippen LogP contribution in [0.25, 0.3) is 0 Å². The van der Waals surface area contributed by atoms with E-state index in [0.717, 1.165) is 22.2 Å². The van der Waals surface area contributed by atoms with E-state index in [1.807, 2.05) is 10.8 Å². The van der Waals surface area contributed by atoms with Crippen LogP contribution in [0.3, 0.4) is 0 Å². The zero-order chi connectivity index (χ0) is 9.26. The van der Waals surface area contributed by atoms with Gasteiger partial charge in [-0.05, 0) is 0 Å². The van der Waals surface area contributed by atoms with Crippen molar-refractivity contribution in [3.63, 3.8) is 0 Å². The monoisotopic (exact) mass is 326 g/mol. The topological polar surface area (TPSA) is 18.5 Å². The summed E-state index contributed by atoms with van der Waals surface area (Å²) in [6, 6.07) is 0. The van der Waals surface area contributed by atoms with Gasteiger partial charge in [-0.2, -0.15) is 0 Å². The minimum Gasteiger partial charge on any atom is -0.481 e. The molecule has 1 aromatic rings. The van der Waals surface area contributed by atoms with E-state index in [0.29, 0.717) is 0 Å². The summed E-state index contributed by atoms with van der Waals surface area (Å²) in [4.78, 5) is 0. The molecule has 0 N–H and O–H groups in total. The van der Waals surface area contributed by atoms with Gasteiger partial charge in [-0.25, -0.2) is 0 Å². The second kappa shape index (κ2) is 4.19. The van der Waals surface area contributed by atoms with Gasteiger partial charge >= 0.3 is 0 Å². The molecule has 0 saturated carbocycles. The Morgan fingerprint density at radius 3 is 1.92 bits per heavy atom. The number of fused-ring (bicyclic) bond motifs is 1. The van der Waals surface area contributed by atoms with Crippen molar-refractivity contribution in [2.45, 2.75) is 12.2 Å². The van der Waals surface area contributed by atoms with E-state index in [2.05, 4.69) is 31.9 Å². The normalized spacial score (nSPS) is 26.0. The molecule has 0 aliphatic carbocycles. The van der Waals surface area contributed by atoms with Gasteiger partial charge in [0.25, 0.3) is 0 Å². The average Bonchev–Trinajstić information content (AvgIpc) is 2.62. The zero-order valence-electron chi connectivity index (χ0n) is 6.70. The molecule has 1 aliphatic heterocycles. The molecule has 2 unspecified atom stereocenters. The minimum absolute atomic E-state index is 0.0986. The van der Waals surface area contributed by atoms with Gasteiger partial charge < -0.3 is 9.47 Å². The number of alkyl halides is 2. The maximum atomic E-state index is 5.73. The van der Waals surface area contributed by atoms with Crippen LogP contribution < -0.4 is 9.47 Å². The van der Waals surface area contributed by atoms with Crippen LogP contribution in [0.15, 0.2) is 10.8 Å². The largest absolute Gasteiger partial charge is 0.481 e. The van der Waals surface area contributed by atoms with E-state index in [1.165, 1.54) is 0 Å². The van der Waals surface area contributed by atoms with E-state index in [9.17, 15) is 0 Å². The molecule has 13 heavy (non-hydrogen) atoms. The first-order chi connectivity index (χ1) is 6.35. The lowest BCUT2D eigenvalue weighted by Gasteiger charge is -2.30. The van der Waals surface area contributed by atoms with Crippen LogP contribution in [-0.4, -0.2) is 22.9 Å². The fourth-order valence-corrected chi connectivity index (χ4v) is 2.94. The van der Waals surface area contributed by atoms with Gasteiger partial charge in [-0.3, -0.25) is 0 Å². The van der Waals surface area contributed by atoms with Gasteiger partial charge in [0.1, 0.15) is 12.2 Å². The molecule has 2 nitrogen and oxygen atoms in total. The van der Waals surface area contributed by atoms with Gasteiger partial charge in [0.2, 0.25) is 0 Å². The van der Waals surface area contributed by atoms with E-state index < -0.39 is 0 Å². The molecule has 5 heteroatoms. The highest BCUT2D eigenvalue weighted by molar-refractivity contribution is 9.09. The summed E-state index contributed by atoms with van der Waals surface area (Å²) in [5.74, 6) is 1.73. The third kappa shape index (κ3) is 1.87. The molecular weight excluding hydrogens is 320 g/mol. The predicted octanol–water partition coefficient (Wildman–Crippen LogP) is 3.05. The van der Waals surface area contributed by atoms with Gasteiger partial charge in [0, 0.05) is 21.4 Å². The van der Waals surface area contributed by atoms with E-state index in [1.54, 1.807) is 11.3 Å². The lowest BCUT2D eigenvalue weighted by molar-refractivity contribution is 0.0513. The number of thiophene rings is 1. The lowest BCUT2D eigenvalue weighted by Crippen LogP contribution is -2.41.